The highest BCUT2D eigenvalue weighted by Crippen LogP contribution is 2.34. The van der Waals surface area contributed by atoms with E-state index in [9.17, 15) is 9.90 Å². The van der Waals surface area contributed by atoms with E-state index < -0.39 is 7.92 Å². The summed E-state index contributed by atoms with van der Waals surface area (Å²) in [4.78, 5) is 13.1. The third-order valence-electron chi connectivity index (χ3n) is 4.74. The zero-order chi connectivity index (χ0) is 19.9. The average molecular weight is 391 g/mol. The first-order valence-corrected chi connectivity index (χ1v) is 10.9. The molecule has 3 nitrogen and oxygen atoms in total. The molecule has 0 radical (unpaired) electrons. The van der Waals surface area contributed by atoms with E-state index in [1.807, 2.05) is 74.5 Å². The van der Waals surface area contributed by atoms with Crippen molar-refractivity contribution in [1.29, 1.82) is 0 Å². The summed E-state index contributed by atoms with van der Waals surface area (Å²) in [5.41, 5.74) is 0.667. The Hall–Kier alpha value is -2.48. The lowest BCUT2D eigenvalue weighted by atomic mass is 10.0. The molecule has 1 atom stereocenters. The minimum absolute atomic E-state index is 0.0717. The van der Waals surface area contributed by atoms with E-state index in [0.29, 0.717) is 5.56 Å². The second-order valence-corrected chi connectivity index (χ2v) is 9.22. The number of carbonyl (C=O) groups excluding carboxylic acids is 1. The third-order valence-corrected chi connectivity index (χ3v) is 7.24. The molecule has 0 saturated heterocycles. The van der Waals surface area contributed by atoms with Crippen LogP contribution in [0, 0.1) is 5.92 Å². The van der Waals surface area contributed by atoms with Gasteiger partial charge in [0.1, 0.15) is 0 Å². The molecule has 4 heteroatoms. The quantitative estimate of drug-likeness (QED) is 0.608. The van der Waals surface area contributed by atoms with Gasteiger partial charge in [0.05, 0.1) is 12.6 Å². The lowest BCUT2D eigenvalue weighted by Gasteiger charge is -2.24. The summed E-state index contributed by atoms with van der Waals surface area (Å²) < 4.78 is 0. The Morgan fingerprint density at radius 1 is 0.857 bits per heavy atom. The maximum absolute atomic E-state index is 13.1. The molecule has 0 fully saturated rings. The van der Waals surface area contributed by atoms with Gasteiger partial charge in [-0.05, 0) is 35.8 Å². The van der Waals surface area contributed by atoms with Crippen LogP contribution in [0.4, 0.5) is 0 Å². The monoisotopic (exact) mass is 391 g/mol. The average Bonchev–Trinajstić information content (AvgIpc) is 2.74. The predicted molar refractivity (Wildman–Crippen MR) is 118 cm³/mol. The Morgan fingerprint density at radius 3 is 1.86 bits per heavy atom. The van der Waals surface area contributed by atoms with E-state index in [4.69, 9.17) is 0 Å². The molecule has 0 bridgehead atoms. The van der Waals surface area contributed by atoms with Gasteiger partial charge in [0, 0.05) is 5.56 Å². The minimum atomic E-state index is -0.867. The Kier molecular flexibility index (Phi) is 6.97. The maximum Gasteiger partial charge on any atom is 0.252 e. The Labute approximate surface area is 168 Å². The van der Waals surface area contributed by atoms with Crippen LogP contribution in [0.15, 0.2) is 84.9 Å². The van der Waals surface area contributed by atoms with E-state index in [1.54, 1.807) is 0 Å². The molecule has 144 valence electrons. The number of carbonyl (C=O) groups is 1. The Balaban J connectivity index is 2.06. The highest BCUT2D eigenvalue weighted by molar-refractivity contribution is 7.80. The van der Waals surface area contributed by atoms with Gasteiger partial charge in [-0.25, -0.2) is 0 Å². The zero-order valence-corrected chi connectivity index (χ0v) is 17.1. The van der Waals surface area contributed by atoms with Crippen LogP contribution < -0.4 is 21.2 Å². The number of hydrogen-bond donors (Lipinski definition) is 2. The van der Waals surface area contributed by atoms with E-state index in [1.165, 1.54) is 10.6 Å². The molecule has 3 aromatic carbocycles. The summed E-state index contributed by atoms with van der Waals surface area (Å²) in [5, 5.41) is 16.0. The van der Waals surface area contributed by atoms with E-state index in [0.717, 1.165) is 5.30 Å². The summed E-state index contributed by atoms with van der Waals surface area (Å²) >= 11 is 0. The summed E-state index contributed by atoms with van der Waals surface area (Å²) in [6.45, 7) is 3.92. The number of hydrogen-bond acceptors (Lipinski definition) is 2. The number of nitrogens with one attached hydrogen (secondary N) is 1. The second kappa shape index (κ2) is 9.64. The number of amides is 1. The highest BCUT2D eigenvalue weighted by Gasteiger charge is 2.24. The lowest BCUT2D eigenvalue weighted by Crippen LogP contribution is -2.42. The summed E-state index contributed by atoms with van der Waals surface area (Å²) in [6, 6.07) is 28.2. The van der Waals surface area contributed by atoms with Crippen molar-refractivity contribution < 1.29 is 9.90 Å². The number of rotatable bonds is 7. The molecule has 28 heavy (non-hydrogen) atoms. The second-order valence-electron chi connectivity index (χ2n) is 7.03. The first kappa shape index (κ1) is 20.3. The molecule has 1 amide bonds. The van der Waals surface area contributed by atoms with Crippen molar-refractivity contribution in [3.63, 3.8) is 0 Å². The molecule has 0 unspecified atom stereocenters. The number of aliphatic hydroxyl groups excluding tert-OH is 1. The van der Waals surface area contributed by atoms with Crippen LogP contribution in [0.1, 0.15) is 24.2 Å². The van der Waals surface area contributed by atoms with Crippen LogP contribution in [0.25, 0.3) is 0 Å². The standard InChI is InChI=1S/C24H26NO2P/c1-18(2)22(17-26)25-24(27)21-15-9-10-16-23(21)28(19-11-5-3-6-12-19)20-13-7-4-8-14-20/h3-16,18,22,26H,17H2,1-2H3,(H,25,27)/t22-/m1/s1. The Morgan fingerprint density at radius 2 is 1.36 bits per heavy atom. The van der Waals surface area contributed by atoms with Crippen LogP contribution in [-0.4, -0.2) is 23.7 Å². The molecule has 0 aliphatic heterocycles. The number of aliphatic hydroxyl groups is 1. The van der Waals surface area contributed by atoms with Gasteiger partial charge in [0.15, 0.2) is 0 Å². The van der Waals surface area contributed by atoms with Crippen LogP contribution in [0.5, 0.6) is 0 Å². The van der Waals surface area contributed by atoms with Crippen molar-refractivity contribution in [3.05, 3.63) is 90.5 Å². The van der Waals surface area contributed by atoms with Gasteiger partial charge in [-0.15, -0.1) is 0 Å². The minimum Gasteiger partial charge on any atom is -0.394 e. The molecule has 0 aliphatic rings. The number of benzene rings is 3. The van der Waals surface area contributed by atoms with Crippen LogP contribution in [0.3, 0.4) is 0 Å². The highest BCUT2D eigenvalue weighted by atomic mass is 31.1. The zero-order valence-electron chi connectivity index (χ0n) is 16.2. The van der Waals surface area contributed by atoms with Gasteiger partial charge in [0.25, 0.3) is 5.91 Å². The largest absolute Gasteiger partial charge is 0.394 e. The summed E-state index contributed by atoms with van der Waals surface area (Å²) in [7, 11) is -0.867. The fourth-order valence-electron chi connectivity index (χ4n) is 3.11. The molecule has 3 aromatic rings. The summed E-state index contributed by atoms with van der Waals surface area (Å²) in [6.07, 6.45) is 0. The van der Waals surface area contributed by atoms with Gasteiger partial charge in [-0.2, -0.15) is 0 Å². The first-order valence-electron chi connectivity index (χ1n) is 9.52. The maximum atomic E-state index is 13.1. The first-order chi connectivity index (χ1) is 13.6. The van der Waals surface area contributed by atoms with E-state index in [2.05, 4.69) is 29.6 Å². The molecular formula is C24H26NO2P. The fraction of sp³-hybridized carbons (Fsp3) is 0.208. The Bertz CT molecular complexity index is 857. The van der Waals surface area contributed by atoms with Gasteiger partial charge in [0.2, 0.25) is 0 Å². The normalized spacial score (nSPS) is 12.2. The van der Waals surface area contributed by atoms with Crippen molar-refractivity contribution >= 4 is 29.7 Å². The van der Waals surface area contributed by atoms with Gasteiger partial charge >= 0.3 is 0 Å². The van der Waals surface area contributed by atoms with Crippen molar-refractivity contribution in [3.8, 4) is 0 Å². The van der Waals surface area contributed by atoms with Crippen molar-refractivity contribution in [2.24, 2.45) is 5.92 Å². The molecule has 0 aliphatic carbocycles. The summed E-state index contributed by atoms with van der Waals surface area (Å²) in [5.74, 6) is 0.0218. The molecular weight excluding hydrogens is 365 g/mol. The van der Waals surface area contributed by atoms with Crippen LogP contribution in [0.2, 0.25) is 0 Å². The van der Waals surface area contributed by atoms with Crippen molar-refractivity contribution in [2.45, 2.75) is 19.9 Å². The smallest absolute Gasteiger partial charge is 0.252 e. The molecule has 0 spiro atoms. The lowest BCUT2D eigenvalue weighted by molar-refractivity contribution is 0.0898. The SMILES string of the molecule is CC(C)[C@@H](CO)NC(=O)c1ccccc1P(c1ccccc1)c1ccccc1. The van der Waals surface area contributed by atoms with Gasteiger partial charge in [-0.3, -0.25) is 4.79 Å². The third kappa shape index (κ3) is 4.67. The van der Waals surface area contributed by atoms with Crippen molar-refractivity contribution in [2.75, 3.05) is 6.61 Å². The van der Waals surface area contributed by atoms with Crippen LogP contribution >= 0.6 is 7.92 Å². The van der Waals surface area contributed by atoms with Gasteiger partial charge < -0.3 is 10.4 Å². The van der Waals surface area contributed by atoms with Crippen LogP contribution in [-0.2, 0) is 0 Å². The fourth-order valence-corrected chi connectivity index (χ4v) is 5.56. The molecule has 2 N–H and O–H groups in total. The molecule has 3 rings (SSSR count). The molecule has 0 aromatic heterocycles. The van der Waals surface area contributed by atoms with Crippen molar-refractivity contribution in [1.82, 2.24) is 5.32 Å². The van der Waals surface area contributed by atoms with E-state index >= 15 is 0 Å². The van der Waals surface area contributed by atoms with E-state index in [-0.39, 0.29) is 24.5 Å². The van der Waals surface area contributed by atoms with Gasteiger partial charge in [-0.1, -0.05) is 92.7 Å². The molecule has 0 saturated carbocycles. The topological polar surface area (TPSA) is 49.3 Å². The predicted octanol–water partition coefficient (Wildman–Crippen LogP) is 3.19. The molecule has 0 heterocycles.